The van der Waals surface area contributed by atoms with E-state index in [0.29, 0.717) is 37.6 Å². The van der Waals surface area contributed by atoms with Gasteiger partial charge < -0.3 is 15.2 Å². The molecule has 7 nitrogen and oxygen atoms in total. The number of hydrogen-bond acceptors (Lipinski definition) is 4. The van der Waals surface area contributed by atoms with E-state index in [1.807, 2.05) is 0 Å². The van der Waals surface area contributed by atoms with Crippen LogP contribution in [0, 0.1) is 6.92 Å². The number of carbonyl (C=O) groups excluding carboxylic acids is 1. The monoisotopic (exact) mass is 279 g/mol. The number of carbonyl (C=O) groups is 2. The van der Waals surface area contributed by atoms with Crippen molar-refractivity contribution in [2.24, 2.45) is 0 Å². The molecule has 108 valence electrons. The van der Waals surface area contributed by atoms with E-state index in [9.17, 15) is 9.59 Å². The predicted molar refractivity (Wildman–Crippen MR) is 72.7 cm³/mol. The summed E-state index contributed by atoms with van der Waals surface area (Å²) in [7, 11) is 0. The highest BCUT2D eigenvalue weighted by molar-refractivity contribution is 5.94. The second kappa shape index (κ2) is 6.36. The minimum Gasteiger partial charge on any atom is -0.478 e. The fraction of sp³-hybridized carbons (Fsp3) is 0.385. The van der Waals surface area contributed by atoms with Gasteiger partial charge in [-0.05, 0) is 24.6 Å². The van der Waals surface area contributed by atoms with Gasteiger partial charge in [-0.1, -0.05) is 6.07 Å². The summed E-state index contributed by atoms with van der Waals surface area (Å²) < 4.78 is 5.18. The van der Waals surface area contributed by atoms with Crippen LogP contribution in [0.2, 0.25) is 0 Å². The Balaban J connectivity index is 1.96. The summed E-state index contributed by atoms with van der Waals surface area (Å²) in [6, 6.07) is 4.37. The van der Waals surface area contributed by atoms with Crippen molar-refractivity contribution in [3.63, 3.8) is 0 Å². The Morgan fingerprint density at radius 2 is 2.00 bits per heavy atom. The van der Waals surface area contributed by atoms with Crippen LogP contribution in [0.5, 0.6) is 0 Å². The number of aryl methyl sites for hydroxylation is 1. The molecule has 2 amide bonds. The lowest BCUT2D eigenvalue weighted by atomic mass is 10.1. The molecule has 0 spiro atoms. The SMILES string of the molecule is Cc1ccc(NC(=O)NN2CCOCC2)cc1C(=O)O. The number of hydrogen-bond donors (Lipinski definition) is 3. The van der Waals surface area contributed by atoms with Gasteiger partial charge in [-0.3, -0.25) is 5.43 Å². The van der Waals surface area contributed by atoms with E-state index in [4.69, 9.17) is 9.84 Å². The van der Waals surface area contributed by atoms with Gasteiger partial charge in [0.15, 0.2) is 0 Å². The van der Waals surface area contributed by atoms with Crippen LogP contribution >= 0.6 is 0 Å². The molecule has 3 N–H and O–H groups in total. The predicted octanol–water partition coefficient (Wildman–Crippen LogP) is 1.06. The first-order chi connectivity index (χ1) is 9.56. The maximum absolute atomic E-state index is 11.8. The molecule has 0 aromatic heterocycles. The molecule has 0 aliphatic carbocycles. The number of carboxylic acids is 1. The fourth-order valence-corrected chi connectivity index (χ4v) is 1.91. The topological polar surface area (TPSA) is 90.9 Å². The number of amides is 2. The normalized spacial score (nSPS) is 15.7. The molecule has 1 aliphatic rings. The second-order valence-corrected chi connectivity index (χ2v) is 4.50. The number of hydrazine groups is 1. The van der Waals surface area contributed by atoms with Crippen molar-refractivity contribution in [2.45, 2.75) is 6.92 Å². The third-order valence-corrected chi connectivity index (χ3v) is 3.00. The third-order valence-electron chi connectivity index (χ3n) is 3.00. The van der Waals surface area contributed by atoms with Crippen molar-refractivity contribution in [3.05, 3.63) is 29.3 Å². The van der Waals surface area contributed by atoms with E-state index in [-0.39, 0.29) is 5.56 Å². The van der Waals surface area contributed by atoms with Crippen LogP contribution in [0.15, 0.2) is 18.2 Å². The number of rotatable bonds is 3. The molecule has 0 saturated carbocycles. The van der Waals surface area contributed by atoms with Gasteiger partial charge in [0.25, 0.3) is 0 Å². The summed E-state index contributed by atoms with van der Waals surface area (Å²) in [4.78, 5) is 22.8. The molecule has 0 radical (unpaired) electrons. The number of urea groups is 1. The lowest BCUT2D eigenvalue weighted by Gasteiger charge is -2.26. The summed E-state index contributed by atoms with van der Waals surface area (Å²) >= 11 is 0. The van der Waals surface area contributed by atoms with Crippen LogP contribution in [0.3, 0.4) is 0 Å². The van der Waals surface area contributed by atoms with Crippen LogP contribution < -0.4 is 10.7 Å². The van der Waals surface area contributed by atoms with E-state index in [1.165, 1.54) is 6.07 Å². The highest BCUT2D eigenvalue weighted by Crippen LogP contribution is 2.15. The van der Waals surface area contributed by atoms with Gasteiger partial charge in [0.05, 0.1) is 18.8 Å². The molecule has 20 heavy (non-hydrogen) atoms. The Morgan fingerprint density at radius 1 is 1.30 bits per heavy atom. The highest BCUT2D eigenvalue weighted by Gasteiger charge is 2.14. The molecule has 1 aromatic carbocycles. The van der Waals surface area contributed by atoms with Crippen LogP contribution in [0.25, 0.3) is 0 Å². The van der Waals surface area contributed by atoms with Gasteiger partial charge in [-0.2, -0.15) is 0 Å². The minimum atomic E-state index is -1.01. The van der Waals surface area contributed by atoms with Crippen molar-refractivity contribution in [1.29, 1.82) is 0 Å². The third kappa shape index (κ3) is 3.69. The summed E-state index contributed by atoms with van der Waals surface area (Å²) in [5.41, 5.74) is 3.95. The van der Waals surface area contributed by atoms with Crippen molar-refractivity contribution in [1.82, 2.24) is 10.4 Å². The number of anilines is 1. The molecule has 0 bridgehead atoms. The second-order valence-electron chi connectivity index (χ2n) is 4.50. The Kier molecular flexibility index (Phi) is 4.54. The first kappa shape index (κ1) is 14.3. The van der Waals surface area contributed by atoms with E-state index in [1.54, 1.807) is 24.1 Å². The van der Waals surface area contributed by atoms with E-state index in [2.05, 4.69) is 10.7 Å². The zero-order chi connectivity index (χ0) is 14.5. The molecule has 0 atom stereocenters. The zero-order valence-corrected chi connectivity index (χ0v) is 11.2. The van der Waals surface area contributed by atoms with Gasteiger partial charge >= 0.3 is 12.0 Å². The molecule has 1 heterocycles. The van der Waals surface area contributed by atoms with Crippen LogP contribution in [-0.4, -0.2) is 48.4 Å². The molecule has 7 heteroatoms. The largest absolute Gasteiger partial charge is 0.478 e. The van der Waals surface area contributed by atoms with Gasteiger partial charge in [0.1, 0.15) is 0 Å². The molecule has 1 saturated heterocycles. The minimum absolute atomic E-state index is 0.175. The Labute approximate surface area is 116 Å². The van der Waals surface area contributed by atoms with Crippen molar-refractivity contribution < 1.29 is 19.4 Å². The van der Waals surface area contributed by atoms with Gasteiger partial charge in [-0.15, -0.1) is 0 Å². The number of nitrogens with zero attached hydrogens (tertiary/aromatic N) is 1. The number of carboxylic acid groups (broad SMARTS) is 1. The van der Waals surface area contributed by atoms with Crippen molar-refractivity contribution in [3.8, 4) is 0 Å². The number of aromatic carboxylic acids is 1. The molecular formula is C13H17N3O4. The molecule has 0 unspecified atom stereocenters. The summed E-state index contributed by atoms with van der Waals surface area (Å²) in [6.45, 7) is 4.12. The van der Waals surface area contributed by atoms with Gasteiger partial charge in [-0.25, -0.2) is 14.6 Å². The number of nitrogens with one attached hydrogen (secondary N) is 2. The lowest BCUT2D eigenvalue weighted by molar-refractivity contribution is 0.0207. The van der Waals surface area contributed by atoms with Crippen molar-refractivity contribution in [2.75, 3.05) is 31.6 Å². The average molecular weight is 279 g/mol. The maximum atomic E-state index is 11.8. The molecule has 2 rings (SSSR count). The number of benzene rings is 1. The van der Waals surface area contributed by atoms with Crippen LogP contribution in [0.1, 0.15) is 15.9 Å². The molecule has 1 aromatic rings. The van der Waals surface area contributed by atoms with E-state index < -0.39 is 12.0 Å². The highest BCUT2D eigenvalue weighted by atomic mass is 16.5. The number of ether oxygens (including phenoxy) is 1. The Hall–Kier alpha value is -2.12. The molecular weight excluding hydrogens is 262 g/mol. The Morgan fingerprint density at radius 3 is 2.65 bits per heavy atom. The maximum Gasteiger partial charge on any atom is 0.336 e. The molecule has 1 aliphatic heterocycles. The van der Waals surface area contributed by atoms with Crippen molar-refractivity contribution >= 4 is 17.7 Å². The molecule has 1 fully saturated rings. The van der Waals surface area contributed by atoms with E-state index >= 15 is 0 Å². The van der Waals surface area contributed by atoms with Gasteiger partial charge in [0, 0.05) is 18.8 Å². The van der Waals surface area contributed by atoms with Gasteiger partial charge in [0.2, 0.25) is 0 Å². The summed E-state index contributed by atoms with van der Waals surface area (Å²) in [6.07, 6.45) is 0. The number of morpholine rings is 1. The fourth-order valence-electron chi connectivity index (χ4n) is 1.91. The zero-order valence-electron chi connectivity index (χ0n) is 11.2. The Bertz CT molecular complexity index is 512. The first-order valence-electron chi connectivity index (χ1n) is 6.30. The lowest BCUT2D eigenvalue weighted by Crippen LogP contribution is -2.49. The van der Waals surface area contributed by atoms with Crippen LogP contribution in [-0.2, 0) is 4.74 Å². The van der Waals surface area contributed by atoms with Crippen LogP contribution in [0.4, 0.5) is 10.5 Å². The smallest absolute Gasteiger partial charge is 0.336 e. The summed E-state index contributed by atoms with van der Waals surface area (Å²) in [5, 5.41) is 13.4. The standard InChI is InChI=1S/C13H17N3O4/c1-9-2-3-10(8-11(9)12(17)18)14-13(19)15-16-4-6-20-7-5-16/h2-3,8H,4-7H2,1H3,(H,17,18)(H2,14,15,19). The van der Waals surface area contributed by atoms with E-state index in [0.717, 1.165) is 0 Å². The summed E-state index contributed by atoms with van der Waals surface area (Å²) in [5.74, 6) is -1.01. The first-order valence-corrected chi connectivity index (χ1v) is 6.30. The average Bonchev–Trinajstić information content (AvgIpc) is 2.41. The quantitative estimate of drug-likeness (QED) is 0.769.